The van der Waals surface area contributed by atoms with E-state index in [1.807, 2.05) is 13.1 Å². The molecule has 0 aliphatic carbocycles. The van der Waals surface area contributed by atoms with Crippen molar-refractivity contribution in [2.24, 2.45) is 5.92 Å². The topological polar surface area (TPSA) is 46.5 Å². The van der Waals surface area contributed by atoms with Crippen molar-refractivity contribution in [1.82, 2.24) is 0 Å². The van der Waals surface area contributed by atoms with Gasteiger partial charge in [-0.15, -0.1) is 0 Å². The number of hydrogen-bond donors (Lipinski definition) is 1. The molecule has 0 fully saturated rings. The second-order valence-electron chi connectivity index (χ2n) is 5.74. The van der Waals surface area contributed by atoms with Crippen LogP contribution >= 0.6 is 0 Å². The van der Waals surface area contributed by atoms with Gasteiger partial charge in [0, 0.05) is 0 Å². The average molecular weight is 249 g/mol. The Morgan fingerprint density at radius 2 is 1.94 bits per heavy atom. The molecular formula is C12H26O3Si. The van der Waals surface area contributed by atoms with Gasteiger partial charge in [0.1, 0.15) is 0 Å². The maximum Gasteiger partial charge on any atom is 0.308 e. The Morgan fingerprint density at radius 1 is 1.50 bits per heavy atom. The standard InChI is InChI=1S/C12H26O3Si/c1-8-10(9(2)11(13)14)15-16(6,7)12(3,4)5/h9-10H,8H2,1-7H3,(H,13,14)/t9-,10+/m0/s1/i9+1,10+1D. The van der Waals surface area contributed by atoms with E-state index in [1.165, 1.54) is 0 Å². The summed E-state index contributed by atoms with van der Waals surface area (Å²) >= 11 is 0. The Kier molecular flexibility index (Phi) is 4.56. The van der Waals surface area contributed by atoms with Gasteiger partial charge in [-0.3, -0.25) is 4.79 Å². The van der Waals surface area contributed by atoms with Crippen molar-refractivity contribution in [3.8, 4) is 0 Å². The molecule has 0 aliphatic heterocycles. The zero-order valence-corrected chi connectivity index (χ0v) is 12.5. The molecule has 0 rings (SSSR count). The minimum atomic E-state index is -2.12. The van der Waals surface area contributed by atoms with Crippen molar-refractivity contribution in [3.05, 3.63) is 0 Å². The molecule has 0 heterocycles. The summed E-state index contributed by atoms with van der Waals surface area (Å²) in [6.07, 6.45) is -0.943. The Bertz CT molecular complexity index is 286. The molecule has 2 atom stereocenters. The summed E-state index contributed by atoms with van der Waals surface area (Å²) < 4.78 is 14.3. The van der Waals surface area contributed by atoms with Crippen LogP contribution in [0, 0.1) is 5.92 Å². The fourth-order valence-electron chi connectivity index (χ4n) is 1.09. The summed E-state index contributed by atoms with van der Waals surface area (Å²) in [5.74, 6) is -1.79. The first kappa shape index (κ1) is 13.7. The van der Waals surface area contributed by atoms with Crippen LogP contribution in [0.4, 0.5) is 0 Å². The second kappa shape index (κ2) is 5.32. The van der Waals surface area contributed by atoms with Gasteiger partial charge < -0.3 is 9.53 Å². The molecule has 0 bridgehead atoms. The molecule has 0 aromatic carbocycles. The lowest BCUT2D eigenvalue weighted by atomic mass is 10.2. The van der Waals surface area contributed by atoms with Crippen molar-refractivity contribution in [2.75, 3.05) is 0 Å². The highest BCUT2D eigenvalue weighted by atomic mass is 28.4. The van der Waals surface area contributed by atoms with E-state index in [9.17, 15) is 4.79 Å². The van der Waals surface area contributed by atoms with Crippen molar-refractivity contribution in [3.63, 3.8) is 0 Å². The summed E-state index contributed by atoms with van der Waals surface area (Å²) in [5, 5.41) is 9.04. The number of aliphatic carboxylic acids is 1. The van der Waals surface area contributed by atoms with E-state index < -0.39 is 26.3 Å². The maximum atomic E-state index is 11.1. The molecule has 0 spiro atoms. The van der Waals surface area contributed by atoms with E-state index in [4.69, 9.17) is 10.9 Å². The SMILES string of the molecule is [2H][13C@](CC)(O[Si](C)(C)C(C)(C)C)[13C@H](C)C(=O)O. The third kappa shape index (κ3) is 3.90. The van der Waals surface area contributed by atoms with Gasteiger partial charge >= 0.3 is 5.97 Å². The van der Waals surface area contributed by atoms with E-state index in [2.05, 4.69) is 20.8 Å². The monoisotopic (exact) mass is 249 g/mol. The smallest absolute Gasteiger partial charge is 0.308 e. The summed E-state index contributed by atoms with van der Waals surface area (Å²) in [6.45, 7) is 13.7. The first-order valence-electron chi connectivity index (χ1n) is 6.30. The number of carbonyl (C=O) groups is 1. The molecule has 0 aromatic rings. The molecule has 1 N–H and O–H groups in total. The molecule has 0 radical (unpaired) electrons. The van der Waals surface area contributed by atoms with E-state index in [-0.39, 0.29) is 5.04 Å². The first-order valence-corrected chi connectivity index (χ1v) is 8.71. The molecule has 96 valence electrons. The van der Waals surface area contributed by atoms with Gasteiger partial charge in [0.05, 0.1) is 13.4 Å². The summed E-state index contributed by atoms with van der Waals surface area (Å²) in [4.78, 5) is 11.1. The summed E-state index contributed by atoms with van der Waals surface area (Å²) in [5.41, 5.74) is 0. The third-order valence-corrected chi connectivity index (χ3v) is 7.78. The number of rotatable bonds is 5. The van der Waals surface area contributed by atoms with Crippen LogP contribution in [0.3, 0.4) is 0 Å². The lowest BCUT2D eigenvalue weighted by molar-refractivity contribution is -0.144. The second-order valence-corrected chi connectivity index (χ2v) is 10.5. The highest BCUT2D eigenvalue weighted by Crippen LogP contribution is 2.38. The van der Waals surface area contributed by atoms with Crippen LogP contribution in [0.15, 0.2) is 0 Å². The van der Waals surface area contributed by atoms with Gasteiger partial charge in [-0.2, -0.15) is 0 Å². The van der Waals surface area contributed by atoms with Crippen molar-refractivity contribution in [1.29, 1.82) is 0 Å². The molecule has 3 nitrogen and oxygen atoms in total. The largest absolute Gasteiger partial charge is 0.481 e. The van der Waals surface area contributed by atoms with Gasteiger partial charge in [-0.25, -0.2) is 0 Å². The molecule has 0 saturated heterocycles. The van der Waals surface area contributed by atoms with Crippen LogP contribution in [0.1, 0.15) is 42.4 Å². The van der Waals surface area contributed by atoms with Crippen molar-refractivity contribution < 1.29 is 15.7 Å². The Labute approximate surface area is 102 Å². The molecule has 0 saturated carbocycles. The van der Waals surface area contributed by atoms with Gasteiger partial charge in [-0.05, 0) is 31.5 Å². The molecule has 4 heteroatoms. The first-order chi connectivity index (χ1) is 7.37. The summed E-state index contributed by atoms with van der Waals surface area (Å²) in [7, 11) is -2.12. The molecular weight excluding hydrogens is 222 g/mol. The molecule has 0 unspecified atom stereocenters. The zero-order chi connectivity index (χ0) is 14.1. The Balaban J connectivity index is 5.12. The zero-order valence-electron chi connectivity index (χ0n) is 12.5. The van der Waals surface area contributed by atoms with Crippen LogP contribution in [0.5, 0.6) is 0 Å². The lowest BCUT2D eigenvalue weighted by Gasteiger charge is -2.40. The maximum absolute atomic E-state index is 11.1. The predicted molar refractivity (Wildman–Crippen MR) is 69.2 cm³/mol. The fraction of sp³-hybridized carbons (Fsp3) is 0.917. The van der Waals surface area contributed by atoms with Crippen LogP contribution in [0.25, 0.3) is 0 Å². The van der Waals surface area contributed by atoms with Crippen molar-refractivity contribution >= 4 is 14.3 Å². The van der Waals surface area contributed by atoms with E-state index >= 15 is 0 Å². The third-order valence-electron chi connectivity index (χ3n) is 3.39. The van der Waals surface area contributed by atoms with E-state index in [0.29, 0.717) is 6.42 Å². The van der Waals surface area contributed by atoms with Gasteiger partial charge in [0.2, 0.25) is 0 Å². The molecule has 0 aliphatic rings. The van der Waals surface area contributed by atoms with Crippen LogP contribution in [-0.4, -0.2) is 25.5 Å². The van der Waals surface area contributed by atoms with Crippen molar-refractivity contribution in [2.45, 2.75) is 65.3 Å². The van der Waals surface area contributed by atoms with Crippen LogP contribution in [-0.2, 0) is 9.22 Å². The molecule has 0 amide bonds. The highest BCUT2D eigenvalue weighted by molar-refractivity contribution is 6.74. The quantitative estimate of drug-likeness (QED) is 0.599. The van der Waals surface area contributed by atoms with Crippen LogP contribution in [0.2, 0.25) is 18.1 Å². The fourth-order valence-corrected chi connectivity index (χ4v) is 2.37. The van der Waals surface area contributed by atoms with Gasteiger partial charge in [-0.1, -0.05) is 27.7 Å². The Morgan fingerprint density at radius 3 is 2.19 bits per heavy atom. The van der Waals surface area contributed by atoms with Crippen LogP contribution < -0.4 is 0 Å². The lowest BCUT2D eigenvalue weighted by Crippen LogP contribution is -2.46. The minimum absolute atomic E-state index is 0.0211. The minimum Gasteiger partial charge on any atom is -0.481 e. The van der Waals surface area contributed by atoms with Gasteiger partial charge in [0.25, 0.3) is 0 Å². The molecule has 16 heavy (non-hydrogen) atoms. The highest BCUT2D eigenvalue weighted by Gasteiger charge is 2.40. The summed E-state index contributed by atoms with van der Waals surface area (Å²) in [6, 6.07) is 0. The number of carboxylic acid groups (broad SMARTS) is 1. The Hall–Kier alpha value is -0.353. The average Bonchev–Trinajstić information content (AvgIpc) is 2.13. The predicted octanol–water partition coefficient (Wildman–Crippen LogP) is 3.51. The number of hydrogen-bond acceptors (Lipinski definition) is 2. The molecule has 0 aromatic heterocycles. The normalized spacial score (nSPS) is 19.8. The van der Waals surface area contributed by atoms with E-state index in [1.54, 1.807) is 13.8 Å². The van der Waals surface area contributed by atoms with E-state index in [0.717, 1.165) is 0 Å². The van der Waals surface area contributed by atoms with Gasteiger partial charge in [0.15, 0.2) is 8.32 Å². The number of carboxylic acids is 1.